The topological polar surface area (TPSA) is 64.7 Å². The van der Waals surface area contributed by atoms with Crippen LogP contribution < -0.4 is 10.6 Å². The molecule has 132 valence electrons. The van der Waals surface area contributed by atoms with E-state index in [2.05, 4.69) is 10.6 Å². The monoisotopic (exact) mass is 336 g/mol. The van der Waals surface area contributed by atoms with E-state index in [1.165, 1.54) is 12.1 Å². The maximum atomic E-state index is 13.4. The van der Waals surface area contributed by atoms with Gasteiger partial charge in [0.25, 0.3) is 0 Å². The fraction of sp³-hybridized carbons (Fsp3) is 0.529. The van der Waals surface area contributed by atoms with Crippen molar-refractivity contribution in [1.29, 1.82) is 0 Å². The average molecular weight is 336 g/mol. The smallest absolute Gasteiger partial charge is 0.245 e. The summed E-state index contributed by atoms with van der Waals surface area (Å²) in [5, 5.41) is 5.87. The SMILES string of the molecule is CNC(=O)C1(Nc2cccc(F)c2)CCN(C(=O)CN(C)C)CC1. The summed E-state index contributed by atoms with van der Waals surface area (Å²) in [6, 6.07) is 6.07. The standard InChI is InChI=1S/C17H25FN4O2/c1-19-16(24)17(20-14-6-4-5-13(18)11-14)7-9-22(10-8-17)15(23)12-21(2)3/h4-6,11,20H,7-10,12H2,1-3H3,(H,19,24). The molecule has 2 N–H and O–H groups in total. The van der Waals surface area contributed by atoms with Gasteiger partial charge in [0.2, 0.25) is 11.8 Å². The van der Waals surface area contributed by atoms with Crippen LogP contribution >= 0.6 is 0 Å². The zero-order valence-corrected chi connectivity index (χ0v) is 14.4. The molecule has 1 aliphatic rings. The van der Waals surface area contributed by atoms with Crippen LogP contribution in [0.1, 0.15) is 12.8 Å². The fourth-order valence-corrected chi connectivity index (χ4v) is 3.00. The van der Waals surface area contributed by atoms with Crippen LogP contribution in [0.2, 0.25) is 0 Å². The summed E-state index contributed by atoms with van der Waals surface area (Å²) in [5.74, 6) is -0.451. The summed E-state index contributed by atoms with van der Waals surface area (Å²) < 4.78 is 13.4. The third-order valence-electron chi connectivity index (χ3n) is 4.29. The molecule has 1 aliphatic heterocycles. The Morgan fingerprint density at radius 3 is 2.50 bits per heavy atom. The summed E-state index contributed by atoms with van der Waals surface area (Å²) in [6.45, 7) is 1.33. The minimum atomic E-state index is -0.836. The number of nitrogens with one attached hydrogen (secondary N) is 2. The first-order valence-corrected chi connectivity index (χ1v) is 8.05. The predicted molar refractivity (Wildman–Crippen MR) is 91.2 cm³/mol. The largest absolute Gasteiger partial charge is 0.371 e. The summed E-state index contributed by atoms with van der Waals surface area (Å²) in [5.41, 5.74) is -0.274. The van der Waals surface area contributed by atoms with Crippen molar-refractivity contribution in [1.82, 2.24) is 15.1 Å². The number of carbonyl (C=O) groups is 2. The first-order valence-electron chi connectivity index (χ1n) is 8.05. The van der Waals surface area contributed by atoms with E-state index in [9.17, 15) is 14.0 Å². The number of rotatable bonds is 5. The number of nitrogens with zero attached hydrogens (tertiary/aromatic N) is 2. The van der Waals surface area contributed by atoms with Crippen molar-refractivity contribution in [2.75, 3.05) is 46.1 Å². The third-order valence-corrected chi connectivity index (χ3v) is 4.29. The van der Waals surface area contributed by atoms with Crippen LogP contribution in [0.3, 0.4) is 0 Å². The van der Waals surface area contributed by atoms with Gasteiger partial charge in [-0.15, -0.1) is 0 Å². The fourth-order valence-electron chi connectivity index (χ4n) is 3.00. The van der Waals surface area contributed by atoms with Gasteiger partial charge in [-0.05, 0) is 45.1 Å². The van der Waals surface area contributed by atoms with Crippen LogP contribution in [0.25, 0.3) is 0 Å². The zero-order chi connectivity index (χ0) is 17.7. The maximum absolute atomic E-state index is 13.4. The van der Waals surface area contributed by atoms with Gasteiger partial charge in [0.05, 0.1) is 6.54 Å². The number of hydrogen-bond donors (Lipinski definition) is 2. The van der Waals surface area contributed by atoms with Gasteiger partial charge in [-0.1, -0.05) is 6.07 Å². The molecule has 1 aromatic carbocycles. The molecule has 0 saturated carbocycles. The van der Waals surface area contributed by atoms with Gasteiger partial charge in [0.1, 0.15) is 11.4 Å². The van der Waals surface area contributed by atoms with Crippen molar-refractivity contribution < 1.29 is 14.0 Å². The lowest BCUT2D eigenvalue weighted by Crippen LogP contribution is -2.59. The van der Waals surface area contributed by atoms with Gasteiger partial charge < -0.3 is 20.4 Å². The van der Waals surface area contributed by atoms with Gasteiger partial charge in [-0.3, -0.25) is 9.59 Å². The number of halogens is 1. The van der Waals surface area contributed by atoms with E-state index in [0.717, 1.165) is 0 Å². The molecule has 0 unspecified atom stereocenters. The lowest BCUT2D eigenvalue weighted by molar-refractivity contribution is -0.136. The van der Waals surface area contributed by atoms with E-state index in [-0.39, 0.29) is 17.6 Å². The number of carbonyl (C=O) groups excluding carboxylic acids is 2. The molecule has 0 bridgehead atoms. The van der Waals surface area contributed by atoms with E-state index in [1.807, 2.05) is 19.0 Å². The molecule has 0 spiro atoms. The van der Waals surface area contributed by atoms with Gasteiger partial charge in [0, 0.05) is 25.8 Å². The second-order valence-electron chi connectivity index (χ2n) is 6.42. The first-order chi connectivity index (χ1) is 11.4. The number of amides is 2. The van der Waals surface area contributed by atoms with Crippen LogP contribution in [-0.2, 0) is 9.59 Å². The Labute approximate surface area is 142 Å². The molecule has 0 aromatic heterocycles. The molecule has 2 amide bonds. The van der Waals surface area contributed by atoms with E-state index < -0.39 is 5.54 Å². The molecule has 6 nitrogen and oxygen atoms in total. The molecule has 1 fully saturated rings. The predicted octanol–water partition coefficient (Wildman–Crippen LogP) is 0.906. The summed E-state index contributed by atoms with van der Waals surface area (Å²) in [6.07, 6.45) is 0.949. The summed E-state index contributed by atoms with van der Waals surface area (Å²) >= 11 is 0. The molecular weight excluding hydrogens is 311 g/mol. The van der Waals surface area contributed by atoms with Crippen LogP contribution in [0.15, 0.2) is 24.3 Å². The van der Waals surface area contributed by atoms with Crippen molar-refractivity contribution in [3.8, 4) is 0 Å². The second kappa shape index (κ2) is 7.61. The van der Waals surface area contributed by atoms with E-state index in [1.54, 1.807) is 24.1 Å². The average Bonchev–Trinajstić information content (AvgIpc) is 2.54. The van der Waals surface area contributed by atoms with E-state index >= 15 is 0 Å². The first kappa shape index (κ1) is 18.2. The van der Waals surface area contributed by atoms with Crippen LogP contribution in [0.4, 0.5) is 10.1 Å². The Bertz CT molecular complexity index is 598. The Hall–Kier alpha value is -2.15. The van der Waals surface area contributed by atoms with Crippen molar-refractivity contribution in [2.45, 2.75) is 18.4 Å². The second-order valence-corrected chi connectivity index (χ2v) is 6.42. The Morgan fingerprint density at radius 2 is 1.96 bits per heavy atom. The molecule has 0 aliphatic carbocycles. The van der Waals surface area contributed by atoms with Crippen LogP contribution in [0.5, 0.6) is 0 Å². The summed E-state index contributed by atoms with van der Waals surface area (Å²) in [7, 11) is 5.28. The van der Waals surface area contributed by atoms with E-state index in [4.69, 9.17) is 0 Å². The number of likely N-dealkylation sites (N-methyl/N-ethyl adjacent to an activating group) is 2. The number of likely N-dealkylation sites (tertiary alicyclic amines) is 1. The van der Waals surface area contributed by atoms with E-state index in [0.29, 0.717) is 38.2 Å². The quantitative estimate of drug-likeness (QED) is 0.839. The third kappa shape index (κ3) is 4.23. The minimum absolute atomic E-state index is 0.0521. The molecule has 1 heterocycles. The number of anilines is 1. The van der Waals surface area contributed by atoms with Crippen molar-refractivity contribution in [3.63, 3.8) is 0 Å². The molecule has 2 rings (SSSR count). The number of piperidine rings is 1. The van der Waals surface area contributed by atoms with Crippen molar-refractivity contribution in [2.24, 2.45) is 0 Å². The number of hydrogen-bond acceptors (Lipinski definition) is 4. The molecule has 7 heteroatoms. The highest BCUT2D eigenvalue weighted by Crippen LogP contribution is 2.28. The van der Waals surface area contributed by atoms with Gasteiger partial charge in [-0.25, -0.2) is 4.39 Å². The van der Waals surface area contributed by atoms with Crippen LogP contribution in [-0.4, -0.2) is 67.9 Å². The highest BCUT2D eigenvalue weighted by molar-refractivity contribution is 5.90. The van der Waals surface area contributed by atoms with Crippen LogP contribution in [0, 0.1) is 5.82 Å². The minimum Gasteiger partial charge on any atom is -0.371 e. The lowest BCUT2D eigenvalue weighted by Gasteiger charge is -2.41. The normalized spacial score (nSPS) is 16.8. The van der Waals surface area contributed by atoms with Gasteiger partial charge in [0.15, 0.2) is 0 Å². The Kier molecular flexibility index (Phi) is 5.77. The molecule has 0 radical (unpaired) electrons. The highest BCUT2D eigenvalue weighted by Gasteiger charge is 2.41. The lowest BCUT2D eigenvalue weighted by atomic mass is 9.86. The van der Waals surface area contributed by atoms with Crippen molar-refractivity contribution in [3.05, 3.63) is 30.1 Å². The Morgan fingerprint density at radius 1 is 1.29 bits per heavy atom. The molecule has 1 aromatic rings. The van der Waals surface area contributed by atoms with Crippen molar-refractivity contribution >= 4 is 17.5 Å². The molecule has 1 saturated heterocycles. The number of benzene rings is 1. The van der Waals surface area contributed by atoms with Gasteiger partial charge in [-0.2, -0.15) is 0 Å². The molecule has 24 heavy (non-hydrogen) atoms. The summed E-state index contributed by atoms with van der Waals surface area (Å²) in [4.78, 5) is 28.2. The molecule has 0 atom stereocenters. The molecular formula is C17H25FN4O2. The zero-order valence-electron chi connectivity index (χ0n) is 14.4. The Balaban J connectivity index is 2.11. The maximum Gasteiger partial charge on any atom is 0.245 e. The highest BCUT2D eigenvalue weighted by atomic mass is 19.1. The van der Waals surface area contributed by atoms with Gasteiger partial charge >= 0.3 is 0 Å².